The van der Waals surface area contributed by atoms with Crippen molar-refractivity contribution in [3.63, 3.8) is 0 Å². The molecule has 0 bridgehead atoms. The van der Waals surface area contributed by atoms with Crippen molar-refractivity contribution in [3.8, 4) is 22.6 Å². The van der Waals surface area contributed by atoms with Crippen LogP contribution in [0, 0.1) is 6.92 Å². The molecule has 1 unspecified atom stereocenters. The number of carbonyl (C=O) groups excluding carboxylic acids is 1. The van der Waals surface area contributed by atoms with Crippen LogP contribution in [0.5, 0.6) is 11.5 Å². The van der Waals surface area contributed by atoms with Crippen molar-refractivity contribution in [2.75, 3.05) is 7.11 Å². The first kappa shape index (κ1) is 20.5. The maximum atomic E-state index is 12.0. The molecule has 1 aliphatic heterocycles. The number of hydrogen-bond donors (Lipinski definition) is 1. The second-order valence-corrected chi connectivity index (χ2v) is 9.17. The van der Waals surface area contributed by atoms with Gasteiger partial charge in [0.15, 0.2) is 11.0 Å². The molecule has 3 aromatic rings. The van der Waals surface area contributed by atoms with Crippen LogP contribution in [0.15, 0.2) is 66.7 Å². The monoisotopic (exact) mass is 445 g/mol. The molecule has 2 aliphatic rings. The number of carbonyl (C=O) groups is 1. The zero-order valence-corrected chi connectivity index (χ0v) is 18.7. The molecule has 0 saturated heterocycles. The minimum Gasteiger partial charge on any atom is -0.496 e. The third kappa shape index (κ3) is 3.71. The maximum Gasteiger partial charge on any atom is 0.257 e. The molecule has 6 heteroatoms. The number of fused-ring (bicyclic) bond motifs is 1. The van der Waals surface area contributed by atoms with E-state index in [0.717, 1.165) is 35.5 Å². The Bertz CT molecular complexity index is 1260. The van der Waals surface area contributed by atoms with Crippen molar-refractivity contribution in [1.29, 1.82) is 0 Å². The van der Waals surface area contributed by atoms with Crippen molar-refractivity contribution in [1.82, 2.24) is 4.72 Å². The van der Waals surface area contributed by atoms with Crippen molar-refractivity contribution in [3.05, 3.63) is 89.0 Å². The Kier molecular flexibility index (Phi) is 5.31. The van der Waals surface area contributed by atoms with Gasteiger partial charge in [-0.3, -0.25) is 9.52 Å². The summed E-state index contributed by atoms with van der Waals surface area (Å²) in [5, 5.41) is 0. The fourth-order valence-electron chi connectivity index (χ4n) is 4.42. The molecule has 0 aromatic heterocycles. The molecule has 1 aliphatic carbocycles. The topological polar surface area (TPSA) is 64.6 Å². The van der Waals surface area contributed by atoms with Crippen molar-refractivity contribution < 1.29 is 18.5 Å². The molecular weight excluding hydrogens is 422 g/mol. The lowest BCUT2D eigenvalue weighted by molar-refractivity contribution is -0.114. The molecule has 0 saturated carbocycles. The van der Waals surface area contributed by atoms with Gasteiger partial charge < -0.3 is 9.47 Å². The molecule has 162 valence electrons. The van der Waals surface area contributed by atoms with Gasteiger partial charge in [0.2, 0.25) is 0 Å². The first-order valence-electron chi connectivity index (χ1n) is 10.5. The van der Waals surface area contributed by atoms with Crippen LogP contribution in [0.3, 0.4) is 0 Å². The van der Waals surface area contributed by atoms with Crippen LogP contribution >= 0.6 is 0 Å². The Balaban J connectivity index is 1.41. The van der Waals surface area contributed by atoms with E-state index >= 15 is 0 Å². The van der Waals surface area contributed by atoms with Gasteiger partial charge in [-0.05, 0) is 66.3 Å². The molecule has 1 amide bonds. The van der Waals surface area contributed by atoms with Crippen molar-refractivity contribution >= 4 is 21.8 Å². The molecule has 3 aromatic carbocycles. The van der Waals surface area contributed by atoms with Crippen molar-refractivity contribution in [2.45, 2.75) is 25.9 Å². The third-order valence-corrected chi connectivity index (χ3v) is 7.07. The Labute approximate surface area is 189 Å². The zero-order valence-electron chi connectivity index (χ0n) is 17.9. The fourth-order valence-corrected chi connectivity index (χ4v) is 5.34. The number of aryl methyl sites for hydroxylation is 1. The van der Waals surface area contributed by atoms with Gasteiger partial charge in [0.25, 0.3) is 5.91 Å². The van der Waals surface area contributed by atoms with Crippen LogP contribution in [-0.4, -0.2) is 17.2 Å². The normalized spacial score (nSPS) is 19.3. The summed E-state index contributed by atoms with van der Waals surface area (Å²) >= 11 is 0. The number of nitrogens with one attached hydrogen (secondary N) is 1. The van der Waals surface area contributed by atoms with E-state index in [1.807, 2.05) is 30.3 Å². The Hall–Kier alpha value is -3.38. The minimum atomic E-state index is -1.50. The van der Waals surface area contributed by atoms with Gasteiger partial charge in [0.1, 0.15) is 17.6 Å². The highest BCUT2D eigenvalue weighted by atomic mass is 32.2. The summed E-state index contributed by atoms with van der Waals surface area (Å²) in [4.78, 5) is 11.9. The van der Waals surface area contributed by atoms with Crippen molar-refractivity contribution in [2.24, 2.45) is 0 Å². The molecule has 0 fully saturated rings. The van der Waals surface area contributed by atoms with E-state index in [1.54, 1.807) is 7.11 Å². The molecule has 0 radical (unpaired) electrons. The van der Waals surface area contributed by atoms with Gasteiger partial charge in [0.05, 0.1) is 12.0 Å². The van der Waals surface area contributed by atoms with E-state index in [1.165, 1.54) is 28.3 Å². The second kappa shape index (κ2) is 8.28. The van der Waals surface area contributed by atoms with Gasteiger partial charge in [-0.2, -0.15) is 0 Å². The summed E-state index contributed by atoms with van der Waals surface area (Å²) in [5.41, 5.74) is 6.74. The van der Waals surface area contributed by atoms with E-state index in [2.05, 4.69) is 42.0 Å². The highest BCUT2D eigenvalue weighted by Gasteiger charge is 2.27. The molecule has 32 heavy (non-hydrogen) atoms. The first-order valence-corrected chi connectivity index (χ1v) is 11.7. The lowest BCUT2D eigenvalue weighted by Crippen LogP contribution is -2.16. The zero-order chi connectivity index (χ0) is 22.2. The predicted molar refractivity (Wildman–Crippen MR) is 126 cm³/mol. The Morgan fingerprint density at radius 2 is 1.84 bits per heavy atom. The molecule has 5 rings (SSSR count). The average Bonchev–Trinajstić information content (AvgIpc) is 3.36. The number of benzene rings is 3. The van der Waals surface area contributed by atoms with Crippen LogP contribution in [-0.2, 0) is 22.2 Å². The first-order chi connectivity index (χ1) is 15.5. The lowest BCUT2D eigenvalue weighted by atomic mass is 9.95. The molecule has 1 heterocycles. The van der Waals surface area contributed by atoms with Gasteiger partial charge in [-0.15, -0.1) is 0 Å². The summed E-state index contributed by atoms with van der Waals surface area (Å²) in [5.74, 6) is 1.28. The van der Waals surface area contributed by atoms with E-state index in [9.17, 15) is 9.00 Å². The summed E-state index contributed by atoms with van der Waals surface area (Å²) < 4.78 is 26.3. The Morgan fingerprint density at radius 3 is 2.56 bits per heavy atom. The van der Waals surface area contributed by atoms with Gasteiger partial charge in [-0.1, -0.05) is 42.0 Å². The van der Waals surface area contributed by atoms with E-state index < -0.39 is 11.0 Å². The summed E-state index contributed by atoms with van der Waals surface area (Å²) in [6, 6.07) is 20.0. The molecule has 1 N–H and O–H groups in total. The standard InChI is InChI=1S/C26H23NO4S/c1-16-6-12-23(30-2)22(14-16)19-4-3-5-21-20(19)11-13-24(21)31-18-9-7-17(8-10-18)25-15-26(28)27-32(25)29/h3-10,12,14-15,24H,11,13H2,1-2H3,(H,27,28)/t24-,32?/m1/s1. The lowest BCUT2D eigenvalue weighted by Gasteiger charge is -2.17. The largest absolute Gasteiger partial charge is 0.496 e. The highest BCUT2D eigenvalue weighted by molar-refractivity contribution is 7.93. The smallest absolute Gasteiger partial charge is 0.257 e. The summed E-state index contributed by atoms with van der Waals surface area (Å²) in [7, 11) is 0.207. The van der Waals surface area contributed by atoms with Crippen LogP contribution < -0.4 is 14.2 Å². The van der Waals surface area contributed by atoms with Crippen LogP contribution in [0.2, 0.25) is 0 Å². The molecule has 5 nitrogen and oxygen atoms in total. The SMILES string of the molecule is COc1ccc(C)cc1-c1cccc2c1CC[C@H]2Oc1ccc(C2=CC(=O)NS2=O)cc1. The molecule has 2 atom stereocenters. The van der Waals surface area contributed by atoms with E-state index in [4.69, 9.17) is 9.47 Å². The third-order valence-electron chi connectivity index (χ3n) is 5.93. The summed E-state index contributed by atoms with van der Waals surface area (Å²) in [6.45, 7) is 2.09. The average molecular weight is 446 g/mol. The van der Waals surface area contributed by atoms with E-state index in [0.29, 0.717) is 4.91 Å². The fraction of sp³-hybridized carbons (Fsp3) is 0.192. The quantitative estimate of drug-likeness (QED) is 0.609. The summed E-state index contributed by atoms with van der Waals surface area (Å²) in [6.07, 6.45) is 3.18. The highest BCUT2D eigenvalue weighted by Crippen LogP contribution is 2.42. The predicted octanol–water partition coefficient (Wildman–Crippen LogP) is 4.87. The van der Waals surface area contributed by atoms with Crippen LogP contribution in [0.4, 0.5) is 0 Å². The number of ether oxygens (including phenoxy) is 2. The Morgan fingerprint density at radius 1 is 1.03 bits per heavy atom. The second-order valence-electron chi connectivity index (χ2n) is 7.99. The molecular formula is C26H23NO4S. The number of rotatable bonds is 5. The number of methoxy groups -OCH3 is 1. The van der Waals surface area contributed by atoms with Gasteiger partial charge in [-0.25, -0.2) is 4.21 Å². The van der Waals surface area contributed by atoms with Crippen LogP contribution in [0.1, 0.15) is 34.8 Å². The van der Waals surface area contributed by atoms with Crippen LogP contribution in [0.25, 0.3) is 16.0 Å². The molecule has 0 spiro atoms. The minimum absolute atomic E-state index is 0.0327. The maximum absolute atomic E-state index is 12.0. The number of hydrogen-bond acceptors (Lipinski definition) is 4. The van der Waals surface area contributed by atoms with E-state index in [-0.39, 0.29) is 12.0 Å². The van der Waals surface area contributed by atoms with Gasteiger partial charge in [0, 0.05) is 11.6 Å². The van der Waals surface area contributed by atoms with Gasteiger partial charge >= 0.3 is 0 Å². The number of amides is 1.